The van der Waals surface area contributed by atoms with Gasteiger partial charge in [0.2, 0.25) is 0 Å². The number of benzodiazepines with no additional fused rings is 1. The third kappa shape index (κ3) is 4.31. The van der Waals surface area contributed by atoms with Gasteiger partial charge in [-0.2, -0.15) is 0 Å². The summed E-state index contributed by atoms with van der Waals surface area (Å²) in [6.45, 7) is 0. The molecule has 0 aromatic heterocycles. The van der Waals surface area contributed by atoms with Gasteiger partial charge in [-0.15, -0.1) is 0 Å². The molecule has 0 fully saturated rings. The van der Waals surface area contributed by atoms with Crippen LogP contribution in [-0.2, 0) is 0 Å². The molecule has 0 spiro atoms. The number of urea groups is 1. The number of anilines is 2. The number of ether oxygens (including phenoxy) is 1. The topological polar surface area (TPSA) is 74.8 Å². The van der Waals surface area contributed by atoms with E-state index in [1.807, 2.05) is 54.6 Å². The Hall–Kier alpha value is -3.71. The standard InChI is InChI=1S/C23H20N4O2S/c1-29-17-11-7-10-16(14-17)24-23(28)27-21-22(30)25-19-13-6-5-12-18(19)20(26-21)15-8-3-2-4-9-15/h2-14,21H,1H3,(H,25,30)(H2,24,27,28). The summed E-state index contributed by atoms with van der Waals surface area (Å²) in [5.74, 6) is 0.652. The highest BCUT2D eigenvalue weighted by atomic mass is 32.1. The third-order valence-corrected chi connectivity index (χ3v) is 4.91. The van der Waals surface area contributed by atoms with Crippen LogP contribution in [0, 0.1) is 0 Å². The van der Waals surface area contributed by atoms with Gasteiger partial charge in [-0.05, 0) is 18.2 Å². The van der Waals surface area contributed by atoms with E-state index in [1.165, 1.54) is 0 Å². The van der Waals surface area contributed by atoms with E-state index in [-0.39, 0.29) is 0 Å². The van der Waals surface area contributed by atoms with Crippen molar-refractivity contribution in [1.82, 2.24) is 5.32 Å². The average molecular weight is 417 g/mol. The number of nitrogens with one attached hydrogen (secondary N) is 3. The summed E-state index contributed by atoms with van der Waals surface area (Å²) in [5.41, 5.74) is 4.07. The molecule has 2 amide bonds. The Balaban J connectivity index is 1.62. The Morgan fingerprint density at radius 3 is 2.60 bits per heavy atom. The van der Waals surface area contributed by atoms with Crippen molar-refractivity contribution >= 4 is 40.3 Å². The molecule has 0 saturated carbocycles. The van der Waals surface area contributed by atoms with Crippen molar-refractivity contribution in [1.29, 1.82) is 0 Å². The molecule has 0 saturated heterocycles. The van der Waals surface area contributed by atoms with E-state index in [4.69, 9.17) is 21.9 Å². The Bertz CT molecular complexity index is 1110. The molecule has 3 aromatic rings. The molecular weight excluding hydrogens is 396 g/mol. The smallest absolute Gasteiger partial charge is 0.321 e. The molecule has 3 N–H and O–H groups in total. The van der Waals surface area contributed by atoms with Crippen LogP contribution in [-0.4, -0.2) is 30.0 Å². The molecule has 4 rings (SSSR count). The van der Waals surface area contributed by atoms with Gasteiger partial charge < -0.3 is 20.7 Å². The fourth-order valence-electron chi connectivity index (χ4n) is 3.17. The monoisotopic (exact) mass is 416 g/mol. The molecule has 6 nitrogen and oxygen atoms in total. The van der Waals surface area contributed by atoms with E-state index in [1.54, 1.807) is 31.4 Å². The van der Waals surface area contributed by atoms with Crippen molar-refractivity contribution in [3.63, 3.8) is 0 Å². The number of carbonyl (C=O) groups excluding carboxylic acids is 1. The molecular formula is C23H20N4O2S. The van der Waals surface area contributed by atoms with Crippen LogP contribution in [0.4, 0.5) is 16.2 Å². The third-order valence-electron chi connectivity index (χ3n) is 4.59. The van der Waals surface area contributed by atoms with Gasteiger partial charge in [0.15, 0.2) is 6.17 Å². The van der Waals surface area contributed by atoms with Crippen LogP contribution in [0.1, 0.15) is 11.1 Å². The van der Waals surface area contributed by atoms with Crippen LogP contribution < -0.4 is 20.7 Å². The predicted molar refractivity (Wildman–Crippen MR) is 124 cm³/mol. The molecule has 1 aliphatic rings. The Labute approximate surface area is 180 Å². The fraction of sp³-hybridized carbons (Fsp3) is 0.0870. The lowest BCUT2D eigenvalue weighted by Crippen LogP contribution is -2.43. The zero-order chi connectivity index (χ0) is 20.9. The van der Waals surface area contributed by atoms with Crippen molar-refractivity contribution < 1.29 is 9.53 Å². The van der Waals surface area contributed by atoms with Crippen molar-refractivity contribution in [3.05, 3.63) is 90.0 Å². The largest absolute Gasteiger partial charge is 0.497 e. The second-order valence-electron chi connectivity index (χ2n) is 6.61. The van der Waals surface area contributed by atoms with Gasteiger partial charge in [0.1, 0.15) is 10.7 Å². The summed E-state index contributed by atoms with van der Waals surface area (Å²) in [4.78, 5) is 17.8. The number of hydrogen-bond acceptors (Lipinski definition) is 4. The number of hydrogen-bond donors (Lipinski definition) is 3. The summed E-state index contributed by atoms with van der Waals surface area (Å²) in [7, 11) is 1.58. The van der Waals surface area contributed by atoms with Gasteiger partial charge in [0, 0.05) is 28.6 Å². The molecule has 30 heavy (non-hydrogen) atoms. The molecule has 0 aliphatic carbocycles. The minimum atomic E-state index is -0.729. The van der Waals surface area contributed by atoms with Gasteiger partial charge in [0.25, 0.3) is 0 Å². The quantitative estimate of drug-likeness (QED) is 0.550. The number of methoxy groups -OCH3 is 1. The minimum Gasteiger partial charge on any atom is -0.497 e. The van der Waals surface area contributed by atoms with Crippen molar-refractivity contribution in [2.24, 2.45) is 4.99 Å². The van der Waals surface area contributed by atoms with E-state index in [2.05, 4.69) is 16.0 Å². The zero-order valence-electron chi connectivity index (χ0n) is 16.3. The number of aliphatic imine (C=N–C) groups is 1. The molecule has 0 bridgehead atoms. The molecule has 150 valence electrons. The van der Waals surface area contributed by atoms with Crippen LogP contribution in [0.3, 0.4) is 0 Å². The number of rotatable bonds is 4. The number of nitrogens with zero attached hydrogens (tertiary/aromatic N) is 1. The fourth-order valence-corrected chi connectivity index (χ4v) is 3.39. The molecule has 1 aliphatic heterocycles. The molecule has 1 unspecified atom stereocenters. The van der Waals surface area contributed by atoms with Crippen LogP contribution in [0.2, 0.25) is 0 Å². The van der Waals surface area contributed by atoms with Crippen molar-refractivity contribution in [2.45, 2.75) is 6.17 Å². The minimum absolute atomic E-state index is 0.411. The summed E-state index contributed by atoms with van der Waals surface area (Å²) in [6.07, 6.45) is -0.729. The highest BCUT2D eigenvalue weighted by Crippen LogP contribution is 2.24. The van der Waals surface area contributed by atoms with Crippen molar-refractivity contribution in [2.75, 3.05) is 17.7 Å². The van der Waals surface area contributed by atoms with Crippen LogP contribution in [0.15, 0.2) is 83.9 Å². The van der Waals surface area contributed by atoms with E-state index < -0.39 is 12.2 Å². The van der Waals surface area contributed by atoms with Gasteiger partial charge in [-0.3, -0.25) is 4.99 Å². The molecule has 7 heteroatoms. The molecule has 1 atom stereocenters. The van der Waals surface area contributed by atoms with E-state index in [0.29, 0.717) is 16.4 Å². The number of thiocarbonyl (C=S) groups is 1. The lowest BCUT2D eigenvalue weighted by molar-refractivity contribution is 0.251. The first-order valence-corrected chi connectivity index (χ1v) is 9.80. The Kier molecular flexibility index (Phi) is 5.72. The Morgan fingerprint density at radius 1 is 1.03 bits per heavy atom. The number of para-hydroxylation sites is 1. The lowest BCUT2D eigenvalue weighted by Gasteiger charge is -2.16. The highest BCUT2D eigenvalue weighted by molar-refractivity contribution is 7.80. The second kappa shape index (κ2) is 8.75. The SMILES string of the molecule is COc1cccc(NC(=O)NC2N=C(c3ccccc3)c3ccccc3NC2=S)c1. The maximum Gasteiger partial charge on any atom is 0.321 e. The first kappa shape index (κ1) is 19.6. The predicted octanol–water partition coefficient (Wildman–Crippen LogP) is 4.43. The summed E-state index contributed by atoms with van der Waals surface area (Å²) < 4.78 is 5.19. The average Bonchev–Trinajstić information content (AvgIpc) is 2.91. The van der Waals surface area contributed by atoms with E-state index >= 15 is 0 Å². The van der Waals surface area contributed by atoms with Crippen LogP contribution in [0.25, 0.3) is 0 Å². The van der Waals surface area contributed by atoms with Gasteiger partial charge in [0.05, 0.1) is 12.8 Å². The van der Waals surface area contributed by atoms with Crippen LogP contribution in [0.5, 0.6) is 5.75 Å². The molecule has 0 radical (unpaired) electrons. The van der Waals surface area contributed by atoms with Gasteiger partial charge >= 0.3 is 6.03 Å². The normalized spacial score (nSPS) is 15.2. The highest BCUT2D eigenvalue weighted by Gasteiger charge is 2.24. The zero-order valence-corrected chi connectivity index (χ0v) is 17.1. The first-order chi connectivity index (χ1) is 14.6. The number of fused-ring (bicyclic) bond motifs is 1. The first-order valence-electron chi connectivity index (χ1n) is 9.39. The molecule has 1 heterocycles. The van der Waals surface area contributed by atoms with Gasteiger partial charge in [-0.25, -0.2) is 4.79 Å². The van der Waals surface area contributed by atoms with E-state index in [9.17, 15) is 4.79 Å². The van der Waals surface area contributed by atoms with Crippen molar-refractivity contribution in [3.8, 4) is 5.75 Å². The number of amides is 2. The second-order valence-corrected chi connectivity index (χ2v) is 7.05. The summed E-state index contributed by atoms with van der Waals surface area (Å²) >= 11 is 5.53. The summed E-state index contributed by atoms with van der Waals surface area (Å²) in [6, 6.07) is 24.3. The van der Waals surface area contributed by atoms with Crippen LogP contribution >= 0.6 is 12.2 Å². The Morgan fingerprint density at radius 2 is 1.80 bits per heavy atom. The maximum atomic E-state index is 12.6. The van der Waals surface area contributed by atoms with E-state index in [0.717, 1.165) is 22.5 Å². The maximum absolute atomic E-state index is 12.6. The number of carbonyl (C=O) groups is 1. The summed E-state index contributed by atoms with van der Waals surface area (Å²) in [5, 5.41) is 8.86. The van der Waals surface area contributed by atoms with Gasteiger partial charge in [-0.1, -0.05) is 66.8 Å². The number of benzene rings is 3. The lowest BCUT2D eigenvalue weighted by atomic mass is 10.0. The molecule has 3 aromatic carbocycles.